The summed E-state index contributed by atoms with van der Waals surface area (Å²) in [6.45, 7) is 2.73. The highest BCUT2D eigenvalue weighted by Crippen LogP contribution is 2.34. The fourth-order valence-corrected chi connectivity index (χ4v) is 3.68. The van der Waals surface area contributed by atoms with Gasteiger partial charge in [-0.05, 0) is 31.2 Å². The van der Waals surface area contributed by atoms with Gasteiger partial charge in [0.2, 0.25) is 0 Å². The van der Waals surface area contributed by atoms with Crippen LogP contribution in [0.15, 0.2) is 23.8 Å². The van der Waals surface area contributed by atoms with Crippen molar-refractivity contribution in [2.75, 3.05) is 6.54 Å². The Labute approximate surface area is 127 Å². The normalized spacial score (nSPS) is 19.7. The molecule has 0 aliphatic carbocycles. The molecule has 2 aromatic heterocycles. The summed E-state index contributed by atoms with van der Waals surface area (Å²) in [5.41, 5.74) is 0. The average Bonchev–Trinajstić information content (AvgIpc) is 3.19. The van der Waals surface area contributed by atoms with Gasteiger partial charge >= 0.3 is 6.03 Å². The summed E-state index contributed by atoms with van der Waals surface area (Å²) in [4.78, 5) is 15.7. The van der Waals surface area contributed by atoms with Crippen molar-refractivity contribution in [3.8, 4) is 0 Å². The number of thiophene rings is 1. The Morgan fingerprint density at radius 2 is 2.43 bits per heavy atom. The maximum Gasteiger partial charge on any atom is 0.318 e. The van der Waals surface area contributed by atoms with Gasteiger partial charge in [0.15, 0.2) is 5.82 Å². The van der Waals surface area contributed by atoms with Crippen molar-refractivity contribution in [3.05, 3.63) is 34.5 Å². The molecular weight excluding hydrogens is 286 g/mol. The summed E-state index contributed by atoms with van der Waals surface area (Å²) in [7, 11) is 1.88. The molecule has 1 aliphatic rings. The summed E-state index contributed by atoms with van der Waals surface area (Å²) in [6.07, 6.45) is 3.73. The third-order valence-corrected chi connectivity index (χ3v) is 4.83. The third kappa shape index (κ3) is 2.78. The van der Waals surface area contributed by atoms with Crippen LogP contribution in [-0.2, 0) is 7.05 Å². The molecule has 0 bridgehead atoms. The lowest BCUT2D eigenvalue weighted by molar-refractivity contribution is 0.190. The standard InChI is InChI=1S/C14H19N5OS/c1-10(13-17-15-9-18(13)2)16-14(20)19-7-3-5-11(19)12-6-4-8-21-12/h4,6,8-11H,3,5,7H2,1-2H3,(H,16,20)/t10-,11+/m0/s1. The molecule has 21 heavy (non-hydrogen) atoms. The first-order valence-corrected chi connectivity index (χ1v) is 7.99. The topological polar surface area (TPSA) is 63.1 Å². The lowest BCUT2D eigenvalue weighted by Gasteiger charge is -2.26. The maximum atomic E-state index is 12.5. The van der Waals surface area contributed by atoms with E-state index >= 15 is 0 Å². The Kier molecular flexibility index (Phi) is 3.92. The van der Waals surface area contributed by atoms with Gasteiger partial charge in [-0.2, -0.15) is 0 Å². The minimum Gasteiger partial charge on any atom is -0.328 e. The van der Waals surface area contributed by atoms with E-state index in [2.05, 4.69) is 27.0 Å². The van der Waals surface area contributed by atoms with Crippen molar-refractivity contribution in [2.24, 2.45) is 7.05 Å². The number of rotatable bonds is 3. The molecular formula is C14H19N5OS. The van der Waals surface area contributed by atoms with Gasteiger partial charge in [0.1, 0.15) is 6.33 Å². The van der Waals surface area contributed by atoms with Crippen LogP contribution in [0.25, 0.3) is 0 Å². The SMILES string of the molecule is C[C@H](NC(=O)N1CCC[C@@H]1c1cccs1)c1nncn1C. The quantitative estimate of drug-likeness (QED) is 0.947. The first-order valence-electron chi connectivity index (χ1n) is 7.11. The van der Waals surface area contributed by atoms with E-state index in [1.165, 1.54) is 4.88 Å². The minimum absolute atomic E-state index is 0.0265. The smallest absolute Gasteiger partial charge is 0.318 e. The predicted molar refractivity (Wildman–Crippen MR) is 80.9 cm³/mol. The molecule has 3 heterocycles. The van der Waals surface area contributed by atoms with Gasteiger partial charge in [0.05, 0.1) is 12.1 Å². The Morgan fingerprint density at radius 3 is 3.10 bits per heavy atom. The zero-order valence-electron chi connectivity index (χ0n) is 12.2. The van der Waals surface area contributed by atoms with E-state index in [-0.39, 0.29) is 18.1 Å². The molecule has 0 spiro atoms. The number of hydrogen-bond donors (Lipinski definition) is 1. The van der Waals surface area contributed by atoms with Crippen LogP contribution in [0.4, 0.5) is 4.79 Å². The first kappa shape index (κ1) is 14.1. The van der Waals surface area contributed by atoms with Crippen molar-refractivity contribution in [2.45, 2.75) is 31.8 Å². The largest absolute Gasteiger partial charge is 0.328 e. The maximum absolute atomic E-state index is 12.5. The van der Waals surface area contributed by atoms with E-state index in [1.54, 1.807) is 17.7 Å². The van der Waals surface area contributed by atoms with Crippen LogP contribution in [0.1, 0.15) is 42.6 Å². The number of likely N-dealkylation sites (tertiary alicyclic amines) is 1. The zero-order chi connectivity index (χ0) is 14.8. The number of carbonyl (C=O) groups is 1. The van der Waals surface area contributed by atoms with Crippen molar-refractivity contribution in [1.29, 1.82) is 0 Å². The summed E-state index contributed by atoms with van der Waals surface area (Å²) in [5, 5.41) is 13.0. The second kappa shape index (κ2) is 5.85. The molecule has 1 N–H and O–H groups in total. The first-order chi connectivity index (χ1) is 10.2. The van der Waals surface area contributed by atoms with Crippen LogP contribution in [0.3, 0.4) is 0 Å². The highest BCUT2D eigenvalue weighted by atomic mass is 32.1. The molecule has 1 saturated heterocycles. The summed E-state index contributed by atoms with van der Waals surface area (Å²) in [5.74, 6) is 0.759. The highest BCUT2D eigenvalue weighted by molar-refractivity contribution is 7.10. The van der Waals surface area contributed by atoms with E-state index in [4.69, 9.17) is 0 Å². The Balaban J connectivity index is 1.69. The monoisotopic (exact) mass is 305 g/mol. The van der Waals surface area contributed by atoms with Crippen LogP contribution in [0.5, 0.6) is 0 Å². The minimum atomic E-state index is -0.158. The van der Waals surface area contributed by atoms with Crippen molar-refractivity contribution >= 4 is 17.4 Å². The van der Waals surface area contributed by atoms with Gasteiger partial charge in [-0.1, -0.05) is 6.07 Å². The summed E-state index contributed by atoms with van der Waals surface area (Å²) >= 11 is 1.71. The fourth-order valence-electron chi connectivity index (χ4n) is 2.80. The van der Waals surface area contributed by atoms with Crippen LogP contribution in [-0.4, -0.2) is 32.2 Å². The molecule has 0 aromatic carbocycles. The average molecular weight is 305 g/mol. The van der Waals surface area contributed by atoms with E-state index in [0.29, 0.717) is 0 Å². The number of aryl methyl sites for hydroxylation is 1. The molecule has 7 heteroatoms. The second-order valence-corrected chi connectivity index (χ2v) is 6.32. The molecule has 1 aliphatic heterocycles. The molecule has 1 fully saturated rings. The van der Waals surface area contributed by atoms with Gasteiger partial charge in [0.25, 0.3) is 0 Å². The number of carbonyl (C=O) groups excluding carboxylic acids is 1. The van der Waals surface area contributed by atoms with Crippen LogP contribution < -0.4 is 5.32 Å². The van der Waals surface area contributed by atoms with Gasteiger partial charge in [0, 0.05) is 18.5 Å². The van der Waals surface area contributed by atoms with Gasteiger partial charge in [-0.3, -0.25) is 0 Å². The Hall–Kier alpha value is -1.89. The van der Waals surface area contributed by atoms with Crippen LogP contribution in [0.2, 0.25) is 0 Å². The molecule has 112 valence electrons. The molecule has 6 nitrogen and oxygen atoms in total. The molecule has 0 saturated carbocycles. The Bertz CT molecular complexity index is 609. The van der Waals surface area contributed by atoms with Gasteiger partial charge in [-0.25, -0.2) is 4.79 Å². The predicted octanol–water partition coefficient (Wildman–Crippen LogP) is 2.48. The second-order valence-electron chi connectivity index (χ2n) is 5.34. The number of hydrogen-bond acceptors (Lipinski definition) is 4. The third-order valence-electron chi connectivity index (χ3n) is 3.86. The number of amides is 2. The number of nitrogens with zero attached hydrogens (tertiary/aromatic N) is 4. The molecule has 2 amide bonds. The van der Waals surface area contributed by atoms with Crippen molar-refractivity contribution in [1.82, 2.24) is 25.0 Å². The van der Waals surface area contributed by atoms with E-state index in [9.17, 15) is 4.79 Å². The number of nitrogens with one attached hydrogen (secondary N) is 1. The lowest BCUT2D eigenvalue weighted by Crippen LogP contribution is -2.41. The fraction of sp³-hybridized carbons (Fsp3) is 0.500. The summed E-state index contributed by atoms with van der Waals surface area (Å²) in [6, 6.07) is 4.16. The van der Waals surface area contributed by atoms with E-state index in [0.717, 1.165) is 25.2 Å². The molecule has 3 rings (SSSR count). The van der Waals surface area contributed by atoms with Crippen LogP contribution >= 0.6 is 11.3 Å². The molecule has 2 atom stereocenters. The number of urea groups is 1. The lowest BCUT2D eigenvalue weighted by atomic mass is 10.2. The van der Waals surface area contributed by atoms with Crippen molar-refractivity contribution < 1.29 is 4.79 Å². The Morgan fingerprint density at radius 1 is 1.57 bits per heavy atom. The van der Waals surface area contributed by atoms with Crippen molar-refractivity contribution in [3.63, 3.8) is 0 Å². The van der Waals surface area contributed by atoms with Gasteiger partial charge < -0.3 is 14.8 Å². The van der Waals surface area contributed by atoms with Crippen LogP contribution in [0, 0.1) is 0 Å². The van der Waals surface area contributed by atoms with E-state index in [1.807, 2.05) is 29.5 Å². The highest BCUT2D eigenvalue weighted by Gasteiger charge is 2.31. The van der Waals surface area contributed by atoms with E-state index < -0.39 is 0 Å². The zero-order valence-corrected chi connectivity index (χ0v) is 13.0. The molecule has 0 radical (unpaired) electrons. The van der Waals surface area contributed by atoms with Gasteiger partial charge in [-0.15, -0.1) is 21.5 Å². The molecule has 0 unspecified atom stereocenters. The summed E-state index contributed by atoms with van der Waals surface area (Å²) < 4.78 is 1.83. The molecule has 2 aromatic rings. The number of aromatic nitrogens is 3.